The Hall–Kier alpha value is -2.37. The lowest BCUT2D eigenvalue weighted by Crippen LogP contribution is -2.44. The number of nitrogens with zero attached hydrogens (tertiary/aromatic N) is 2. The highest BCUT2D eigenvalue weighted by molar-refractivity contribution is 5.83. The van der Waals surface area contributed by atoms with Gasteiger partial charge in [-0.15, -0.1) is 0 Å². The summed E-state index contributed by atoms with van der Waals surface area (Å²) in [6.45, 7) is 1.15. The summed E-state index contributed by atoms with van der Waals surface area (Å²) in [6, 6.07) is 5.75. The molecule has 21 heavy (non-hydrogen) atoms. The van der Waals surface area contributed by atoms with Gasteiger partial charge in [0.15, 0.2) is 0 Å². The molecule has 2 amide bonds. The van der Waals surface area contributed by atoms with E-state index in [4.69, 9.17) is 5.73 Å². The van der Waals surface area contributed by atoms with Crippen molar-refractivity contribution in [3.63, 3.8) is 0 Å². The van der Waals surface area contributed by atoms with E-state index in [0.717, 1.165) is 29.4 Å². The largest absolute Gasteiger partial charge is 0.369 e. The number of nitrogens with one attached hydrogen (secondary N) is 1. The first-order valence-electron chi connectivity index (χ1n) is 7.12. The van der Waals surface area contributed by atoms with E-state index < -0.39 is 0 Å². The highest BCUT2D eigenvalue weighted by atomic mass is 16.2. The Bertz CT molecular complexity index is 679. The van der Waals surface area contributed by atoms with Crippen molar-refractivity contribution < 1.29 is 9.59 Å². The fourth-order valence-electron chi connectivity index (χ4n) is 2.82. The molecule has 3 N–H and O–H groups in total. The van der Waals surface area contributed by atoms with Crippen molar-refractivity contribution in [3.05, 3.63) is 30.1 Å². The van der Waals surface area contributed by atoms with Gasteiger partial charge in [0.2, 0.25) is 11.8 Å². The number of imidazole rings is 1. The lowest BCUT2D eigenvalue weighted by Gasteiger charge is -2.31. The molecule has 1 atom stereocenters. The van der Waals surface area contributed by atoms with E-state index in [2.05, 4.69) is 9.97 Å². The highest BCUT2D eigenvalue weighted by Crippen LogP contribution is 2.18. The average molecular weight is 286 g/mol. The SMILES string of the molecule is NC(=O)C1CCCN(C(=O)Cc2ccc3nc[nH]c3c2)C1. The van der Waals surface area contributed by atoms with Crippen molar-refractivity contribution in [3.8, 4) is 0 Å². The molecule has 1 aliphatic heterocycles. The third-order valence-corrected chi connectivity index (χ3v) is 4.02. The normalized spacial score (nSPS) is 18.9. The van der Waals surface area contributed by atoms with Gasteiger partial charge in [-0.2, -0.15) is 0 Å². The van der Waals surface area contributed by atoms with E-state index in [1.165, 1.54) is 0 Å². The van der Waals surface area contributed by atoms with E-state index in [1.807, 2.05) is 18.2 Å². The minimum atomic E-state index is -0.314. The number of likely N-dealkylation sites (tertiary alicyclic amines) is 1. The van der Waals surface area contributed by atoms with Gasteiger partial charge in [-0.3, -0.25) is 9.59 Å². The predicted octanol–water partition coefficient (Wildman–Crippen LogP) is 0.829. The standard InChI is InChI=1S/C15H18N4O2/c16-15(21)11-2-1-5-19(8-11)14(20)7-10-3-4-12-13(6-10)18-9-17-12/h3-4,6,9,11H,1-2,5,7-8H2,(H2,16,21)(H,17,18). The van der Waals surface area contributed by atoms with E-state index in [9.17, 15) is 9.59 Å². The molecule has 2 heterocycles. The van der Waals surface area contributed by atoms with E-state index >= 15 is 0 Å². The predicted molar refractivity (Wildman–Crippen MR) is 78.3 cm³/mol. The van der Waals surface area contributed by atoms with Gasteiger partial charge in [0.1, 0.15) is 0 Å². The van der Waals surface area contributed by atoms with E-state index in [-0.39, 0.29) is 17.7 Å². The Labute approximate surface area is 122 Å². The quantitative estimate of drug-likeness (QED) is 0.875. The van der Waals surface area contributed by atoms with Gasteiger partial charge in [0.05, 0.1) is 29.7 Å². The summed E-state index contributed by atoms with van der Waals surface area (Å²) in [5.74, 6) is -0.482. The Balaban J connectivity index is 1.69. The lowest BCUT2D eigenvalue weighted by atomic mass is 9.97. The summed E-state index contributed by atoms with van der Waals surface area (Å²) in [7, 11) is 0. The number of carbonyl (C=O) groups excluding carboxylic acids is 2. The van der Waals surface area contributed by atoms with Gasteiger partial charge < -0.3 is 15.6 Å². The number of piperidine rings is 1. The number of nitrogens with two attached hydrogens (primary N) is 1. The zero-order valence-corrected chi connectivity index (χ0v) is 11.7. The number of aromatic nitrogens is 2. The van der Waals surface area contributed by atoms with Crippen LogP contribution in [0.3, 0.4) is 0 Å². The van der Waals surface area contributed by atoms with Crippen molar-refractivity contribution in [2.24, 2.45) is 11.7 Å². The van der Waals surface area contributed by atoms with Crippen LogP contribution in [0.25, 0.3) is 11.0 Å². The number of aromatic amines is 1. The summed E-state index contributed by atoms with van der Waals surface area (Å²) in [6.07, 6.45) is 3.58. The monoisotopic (exact) mass is 286 g/mol. The van der Waals surface area contributed by atoms with Crippen LogP contribution < -0.4 is 5.73 Å². The second-order valence-corrected chi connectivity index (χ2v) is 5.51. The lowest BCUT2D eigenvalue weighted by molar-refractivity contribution is -0.134. The maximum absolute atomic E-state index is 12.4. The number of benzene rings is 1. The molecule has 1 aliphatic rings. The number of amides is 2. The number of rotatable bonds is 3. The average Bonchev–Trinajstić information content (AvgIpc) is 2.95. The van der Waals surface area contributed by atoms with Crippen LogP contribution >= 0.6 is 0 Å². The number of primary amides is 1. The molecule has 0 aliphatic carbocycles. The van der Waals surface area contributed by atoms with Crippen LogP contribution in [-0.2, 0) is 16.0 Å². The fourth-order valence-corrected chi connectivity index (χ4v) is 2.82. The molecule has 6 nitrogen and oxygen atoms in total. The molecule has 0 bridgehead atoms. The summed E-state index contributed by atoms with van der Waals surface area (Å²) in [5.41, 5.74) is 8.10. The van der Waals surface area contributed by atoms with Crippen molar-refractivity contribution in [2.75, 3.05) is 13.1 Å². The molecular weight excluding hydrogens is 268 g/mol. The molecule has 2 aromatic rings. The van der Waals surface area contributed by atoms with Gasteiger partial charge in [-0.05, 0) is 30.5 Å². The number of fused-ring (bicyclic) bond motifs is 1. The maximum Gasteiger partial charge on any atom is 0.227 e. The number of hydrogen-bond acceptors (Lipinski definition) is 3. The second kappa shape index (κ2) is 5.55. The fraction of sp³-hybridized carbons (Fsp3) is 0.400. The highest BCUT2D eigenvalue weighted by Gasteiger charge is 2.26. The summed E-state index contributed by atoms with van der Waals surface area (Å²) < 4.78 is 0. The number of carbonyl (C=O) groups is 2. The molecule has 0 spiro atoms. The topological polar surface area (TPSA) is 92.1 Å². The van der Waals surface area contributed by atoms with Gasteiger partial charge in [0.25, 0.3) is 0 Å². The summed E-state index contributed by atoms with van der Waals surface area (Å²) >= 11 is 0. The Morgan fingerprint density at radius 2 is 2.29 bits per heavy atom. The maximum atomic E-state index is 12.4. The van der Waals surface area contributed by atoms with Gasteiger partial charge in [-0.25, -0.2) is 4.98 Å². The van der Waals surface area contributed by atoms with E-state index in [1.54, 1.807) is 11.2 Å². The van der Waals surface area contributed by atoms with Crippen LogP contribution in [0.2, 0.25) is 0 Å². The van der Waals surface area contributed by atoms with Crippen LogP contribution in [0.4, 0.5) is 0 Å². The van der Waals surface area contributed by atoms with Crippen LogP contribution in [0.15, 0.2) is 24.5 Å². The number of H-pyrrole nitrogens is 1. The molecule has 110 valence electrons. The zero-order valence-electron chi connectivity index (χ0n) is 11.7. The molecule has 1 saturated heterocycles. The molecule has 0 saturated carbocycles. The van der Waals surface area contributed by atoms with Gasteiger partial charge in [0, 0.05) is 13.1 Å². The van der Waals surface area contributed by atoms with Gasteiger partial charge in [-0.1, -0.05) is 6.07 Å². The third kappa shape index (κ3) is 2.89. The minimum absolute atomic E-state index is 0.0415. The van der Waals surface area contributed by atoms with Crippen LogP contribution in [0.5, 0.6) is 0 Å². The van der Waals surface area contributed by atoms with E-state index in [0.29, 0.717) is 19.5 Å². The second-order valence-electron chi connectivity index (χ2n) is 5.51. The van der Waals surface area contributed by atoms with Crippen molar-refractivity contribution >= 4 is 22.8 Å². The van der Waals surface area contributed by atoms with Crippen molar-refractivity contribution in [2.45, 2.75) is 19.3 Å². The summed E-state index contributed by atoms with van der Waals surface area (Å²) in [4.78, 5) is 32.6. The Morgan fingerprint density at radius 1 is 1.43 bits per heavy atom. The first-order chi connectivity index (χ1) is 10.1. The third-order valence-electron chi connectivity index (χ3n) is 4.02. The molecular formula is C15H18N4O2. The molecule has 0 radical (unpaired) electrons. The van der Waals surface area contributed by atoms with Crippen LogP contribution in [0.1, 0.15) is 18.4 Å². The molecule has 1 aromatic carbocycles. The number of hydrogen-bond donors (Lipinski definition) is 2. The van der Waals surface area contributed by atoms with Crippen LogP contribution in [0, 0.1) is 5.92 Å². The first kappa shape index (κ1) is 13.6. The van der Waals surface area contributed by atoms with Crippen molar-refractivity contribution in [1.29, 1.82) is 0 Å². The minimum Gasteiger partial charge on any atom is -0.369 e. The zero-order chi connectivity index (χ0) is 14.8. The van der Waals surface area contributed by atoms with Crippen LogP contribution in [-0.4, -0.2) is 39.8 Å². The van der Waals surface area contributed by atoms with Crippen molar-refractivity contribution in [1.82, 2.24) is 14.9 Å². The molecule has 1 fully saturated rings. The summed E-state index contributed by atoms with van der Waals surface area (Å²) in [5, 5.41) is 0. The Morgan fingerprint density at radius 3 is 3.10 bits per heavy atom. The molecule has 6 heteroatoms. The molecule has 3 rings (SSSR count). The molecule has 1 unspecified atom stereocenters. The first-order valence-corrected chi connectivity index (χ1v) is 7.12. The molecule has 1 aromatic heterocycles. The smallest absolute Gasteiger partial charge is 0.227 e. The van der Waals surface area contributed by atoms with Gasteiger partial charge >= 0.3 is 0 Å². The Kier molecular flexibility index (Phi) is 3.60.